The molecule has 1 aliphatic rings. The quantitative estimate of drug-likeness (QED) is 0.802. The van der Waals surface area contributed by atoms with E-state index in [0.29, 0.717) is 19.2 Å². The van der Waals surface area contributed by atoms with Gasteiger partial charge >= 0.3 is 6.18 Å². The van der Waals surface area contributed by atoms with E-state index in [9.17, 15) is 22.8 Å². The van der Waals surface area contributed by atoms with Crippen LogP contribution in [0.3, 0.4) is 0 Å². The minimum absolute atomic E-state index is 0.167. The van der Waals surface area contributed by atoms with Gasteiger partial charge in [-0.15, -0.1) is 0 Å². The van der Waals surface area contributed by atoms with E-state index in [0.717, 1.165) is 28.4 Å². The summed E-state index contributed by atoms with van der Waals surface area (Å²) >= 11 is 0. The molecule has 0 bridgehead atoms. The third-order valence-electron chi connectivity index (χ3n) is 4.48. The summed E-state index contributed by atoms with van der Waals surface area (Å²) in [7, 11) is 0. The average molecular weight is 380 g/mol. The summed E-state index contributed by atoms with van der Waals surface area (Å²) in [6.45, 7) is 2.27. The van der Waals surface area contributed by atoms with E-state index >= 15 is 0 Å². The number of benzene rings is 1. The van der Waals surface area contributed by atoms with Gasteiger partial charge in [-0.05, 0) is 30.2 Å². The second kappa shape index (κ2) is 7.46. The Bertz CT molecular complexity index is 886. The summed E-state index contributed by atoms with van der Waals surface area (Å²) in [6, 6.07) is 9.46. The molecule has 0 unspecified atom stereocenters. The Balaban J connectivity index is 1.59. The number of carbonyl (C=O) groups excluding carboxylic acids is 1. The Hall–Kier alpha value is -2.77. The van der Waals surface area contributed by atoms with Crippen molar-refractivity contribution in [3.05, 3.63) is 64.1 Å². The number of aromatic nitrogens is 1. The van der Waals surface area contributed by atoms with Crippen molar-refractivity contribution in [2.75, 3.05) is 13.1 Å². The SMILES string of the molecule is CCc1ccccc1OC1CN(C(=O)Cn2cccc(C(F)(F)F)c2=O)C1. The van der Waals surface area contributed by atoms with Crippen molar-refractivity contribution in [1.29, 1.82) is 0 Å². The van der Waals surface area contributed by atoms with Crippen LogP contribution in [-0.4, -0.2) is 34.6 Å². The summed E-state index contributed by atoms with van der Waals surface area (Å²) < 4.78 is 45.1. The molecule has 8 heteroatoms. The molecule has 27 heavy (non-hydrogen) atoms. The fraction of sp³-hybridized carbons (Fsp3) is 0.368. The van der Waals surface area contributed by atoms with Gasteiger partial charge in [-0.2, -0.15) is 13.2 Å². The van der Waals surface area contributed by atoms with E-state index in [4.69, 9.17) is 4.74 Å². The lowest BCUT2D eigenvalue weighted by molar-refractivity contribution is -0.142. The minimum Gasteiger partial charge on any atom is -0.486 e. The minimum atomic E-state index is -4.74. The maximum Gasteiger partial charge on any atom is 0.421 e. The second-order valence-electron chi connectivity index (χ2n) is 6.35. The van der Waals surface area contributed by atoms with Crippen LogP contribution in [0.2, 0.25) is 0 Å². The molecule has 0 saturated carbocycles. The summed E-state index contributed by atoms with van der Waals surface area (Å²) in [6.07, 6.45) is -2.91. The number of rotatable bonds is 5. The van der Waals surface area contributed by atoms with Crippen LogP contribution in [0.25, 0.3) is 0 Å². The smallest absolute Gasteiger partial charge is 0.421 e. The van der Waals surface area contributed by atoms with Gasteiger partial charge in [-0.1, -0.05) is 25.1 Å². The van der Waals surface area contributed by atoms with Crippen molar-refractivity contribution in [2.24, 2.45) is 0 Å². The molecule has 2 aromatic rings. The average Bonchev–Trinajstić information content (AvgIpc) is 2.58. The third kappa shape index (κ3) is 4.15. The topological polar surface area (TPSA) is 51.5 Å². The summed E-state index contributed by atoms with van der Waals surface area (Å²) in [5.41, 5.74) is -1.43. The van der Waals surface area contributed by atoms with Crippen LogP contribution in [0.15, 0.2) is 47.4 Å². The van der Waals surface area contributed by atoms with Crippen LogP contribution in [0.4, 0.5) is 13.2 Å². The zero-order chi connectivity index (χ0) is 19.6. The molecule has 144 valence electrons. The Morgan fingerprint density at radius 1 is 1.19 bits per heavy atom. The predicted molar refractivity (Wildman–Crippen MR) is 92.5 cm³/mol. The first-order valence-corrected chi connectivity index (χ1v) is 8.58. The third-order valence-corrected chi connectivity index (χ3v) is 4.48. The summed E-state index contributed by atoms with van der Waals surface area (Å²) in [4.78, 5) is 25.6. The first kappa shape index (κ1) is 19.0. The zero-order valence-electron chi connectivity index (χ0n) is 14.7. The molecule has 5 nitrogen and oxygen atoms in total. The highest BCUT2D eigenvalue weighted by Gasteiger charge is 2.35. The molecule has 3 rings (SSSR count). The largest absolute Gasteiger partial charge is 0.486 e. The highest BCUT2D eigenvalue weighted by molar-refractivity contribution is 5.77. The normalized spacial score (nSPS) is 14.7. The number of aryl methyl sites for hydroxylation is 1. The lowest BCUT2D eigenvalue weighted by atomic mass is 10.1. The number of hydrogen-bond acceptors (Lipinski definition) is 3. The number of alkyl halides is 3. The predicted octanol–water partition coefficient (Wildman–Crippen LogP) is 2.72. The van der Waals surface area contributed by atoms with E-state index in [1.807, 2.05) is 31.2 Å². The first-order valence-electron chi connectivity index (χ1n) is 8.58. The molecule has 1 aromatic heterocycles. The van der Waals surface area contributed by atoms with Crippen LogP contribution in [0.1, 0.15) is 18.1 Å². The Morgan fingerprint density at radius 3 is 2.56 bits per heavy atom. The molecular weight excluding hydrogens is 361 g/mol. The van der Waals surface area contributed by atoms with Gasteiger partial charge in [0.05, 0.1) is 13.1 Å². The number of halogens is 3. The van der Waals surface area contributed by atoms with Gasteiger partial charge in [0.25, 0.3) is 5.56 Å². The van der Waals surface area contributed by atoms with Gasteiger partial charge in [-0.25, -0.2) is 0 Å². The maximum atomic E-state index is 12.8. The fourth-order valence-electron chi connectivity index (χ4n) is 2.93. The summed E-state index contributed by atoms with van der Waals surface area (Å²) in [5, 5.41) is 0. The molecule has 0 aliphatic carbocycles. The van der Waals surface area contributed by atoms with Gasteiger partial charge in [0.15, 0.2) is 0 Å². The van der Waals surface area contributed by atoms with Crippen molar-refractivity contribution in [1.82, 2.24) is 9.47 Å². The van der Waals surface area contributed by atoms with E-state index in [1.54, 1.807) is 0 Å². The molecule has 0 N–H and O–H groups in total. The molecule has 1 aliphatic heterocycles. The standard InChI is InChI=1S/C19H19F3N2O3/c1-2-13-6-3-4-8-16(13)27-14-10-24(11-14)17(25)12-23-9-5-7-15(18(23)26)19(20,21)22/h3-9,14H,2,10-12H2,1H3. The number of pyridine rings is 1. The van der Waals surface area contributed by atoms with Crippen molar-refractivity contribution in [3.63, 3.8) is 0 Å². The number of amides is 1. The van der Waals surface area contributed by atoms with Crippen LogP contribution >= 0.6 is 0 Å². The number of likely N-dealkylation sites (tertiary alicyclic amines) is 1. The van der Waals surface area contributed by atoms with Crippen molar-refractivity contribution < 1.29 is 22.7 Å². The molecule has 0 spiro atoms. The molecule has 1 aromatic carbocycles. The van der Waals surface area contributed by atoms with Gasteiger partial charge in [0, 0.05) is 6.20 Å². The molecule has 1 saturated heterocycles. The number of hydrogen-bond donors (Lipinski definition) is 0. The van der Waals surface area contributed by atoms with Crippen LogP contribution < -0.4 is 10.3 Å². The zero-order valence-corrected chi connectivity index (χ0v) is 14.7. The number of ether oxygens (including phenoxy) is 1. The second-order valence-corrected chi connectivity index (χ2v) is 6.35. The molecule has 2 heterocycles. The number of nitrogens with zero attached hydrogens (tertiary/aromatic N) is 2. The Kier molecular flexibility index (Phi) is 5.25. The monoisotopic (exact) mass is 380 g/mol. The summed E-state index contributed by atoms with van der Waals surface area (Å²) in [5.74, 6) is 0.353. The van der Waals surface area contributed by atoms with Gasteiger partial charge in [0.1, 0.15) is 24.0 Å². The maximum absolute atomic E-state index is 12.8. The van der Waals surface area contributed by atoms with E-state index in [2.05, 4.69) is 0 Å². The fourth-order valence-corrected chi connectivity index (χ4v) is 2.93. The van der Waals surface area contributed by atoms with E-state index in [-0.39, 0.29) is 6.10 Å². The lowest BCUT2D eigenvalue weighted by Crippen LogP contribution is -2.57. The number of para-hydroxylation sites is 1. The van der Waals surface area contributed by atoms with Crippen molar-refractivity contribution >= 4 is 5.91 Å². The van der Waals surface area contributed by atoms with Crippen LogP contribution in [0, 0.1) is 0 Å². The van der Waals surface area contributed by atoms with Crippen molar-refractivity contribution in [3.8, 4) is 5.75 Å². The Morgan fingerprint density at radius 2 is 1.89 bits per heavy atom. The van der Waals surface area contributed by atoms with Gasteiger partial charge < -0.3 is 14.2 Å². The number of carbonyl (C=O) groups is 1. The van der Waals surface area contributed by atoms with E-state index in [1.165, 1.54) is 11.1 Å². The molecule has 1 fully saturated rings. The van der Waals surface area contributed by atoms with E-state index < -0.39 is 29.8 Å². The van der Waals surface area contributed by atoms with Gasteiger partial charge in [-0.3, -0.25) is 9.59 Å². The molecular formula is C19H19F3N2O3. The van der Waals surface area contributed by atoms with Crippen molar-refractivity contribution in [2.45, 2.75) is 32.2 Å². The van der Waals surface area contributed by atoms with Gasteiger partial charge in [0.2, 0.25) is 5.91 Å². The van der Waals surface area contributed by atoms with Crippen LogP contribution in [-0.2, 0) is 23.9 Å². The lowest BCUT2D eigenvalue weighted by Gasteiger charge is -2.39. The van der Waals surface area contributed by atoms with Crippen LogP contribution in [0.5, 0.6) is 5.75 Å². The molecule has 0 atom stereocenters. The first-order chi connectivity index (χ1) is 12.8. The molecule has 0 radical (unpaired) electrons. The highest BCUT2D eigenvalue weighted by Crippen LogP contribution is 2.26. The highest BCUT2D eigenvalue weighted by atomic mass is 19.4. The molecule has 1 amide bonds. The Labute approximate surface area is 154 Å².